The van der Waals surface area contributed by atoms with Gasteiger partial charge in [0.25, 0.3) is 0 Å². The Bertz CT molecular complexity index is 750. The number of benzene rings is 2. The molecule has 0 bridgehead atoms. The Labute approximate surface area is 140 Å². The summed E-state index contributed by atoms with van der Waals surface area (Å²) in [6.07, 6.45) is 0. The maximum absolute atomic E-state index is 11.8. The largest absolute Gasteiger partial charge is 0.497 e. The standard InChI is InChI=1S/C18H19N3O3/c1-12-4-6-14(7-5-12)13(2)20-21-18(23)17(22)19-15-8-10-16(24-3)11-9-15/h4-11H,1-3H3,(H,19,22)(H,21,23). The molecular weight excluding hydrogens is 306 g/mol. The summed E-state index contributed by atoms with van der Waals surface area (Å²) in [6.45, 7) is 3.74. The average molecular weight is 325 g/mol. The molecule has 0 saturated carbocycles. The van der Waals surface area contributed by atoms with E-state index in [4.69, 9.17) is 4.74 Å². The molecule has 0 heterocycles. The number of anilines is 1. The van der Waals surface area contributed by atoms with Crippen molar-refractivity contribution in [3.63, 3.8) is 0 Å². The minimum atomic E-state index is -0.836. The first kappa shape index (κ1) is 17.2. The van der Waals surface area contributed by atoms with Gasteiger partial charge >= 0.3 is 11.8 Å². The van der Waals surface area contributed by atoms with Crippen molar-refractivity contribution in [3.05, 3.63) is 59.7 Å². The maximum atomic E-state index is 11.8. The third-order valence-corrected chi connectivity index (χ3v) is 3.35. The third-order valence-electron chi connectivity index (χ3n) is 3.35. The van der Waals surface area contributed by atoms with Crippen LogP contribution in [0.25, 0.3) is 0 Å². The van der Waals surface area contributed by atoms with Gasteiger partial charge in [-0.25, -0.2) is 5.43 Å². The average Bonchev–Trinajstić information content (AvgIpc) is 2.60. The van der Waals surface area contributed by atoms with Gasteiger partial charge in [-0.1, -0.05) is 29.8 Å². The summed E-state index contributed by atoms with van der Waals surface area (Å²) >= 11 is 0. The summed E-state index contributed by atoms with van der Waals surface area (Å²) < 4.78 is 5.03. The van der Waals surface area contributed by atoms with Crippen molar-refractivity contribution in [2.75, 3.05) is 12.4 Å². The van der Waals surface area contributed by atoms with E-state index < -0.39 is 11.8 Å². The Hall–Kier alpha value is -3.15. The van der Waals surface area contributed by atoms with E-state index in [1.165, 1.54) is 0 Å². The van der Waals surface area contributed by atoms with Crippen LogP contribution in [0.1, 0.15) is 18.1 Å². The molecule has 0 saturated heterocycles. The highest BCUT2D eigenvalue weighted by Gasteiger charge is 2.13. The van der Waals surface area contributed by atoms with Gasteiger partial charge in [0.2, 0.25) is 0 Å². The lowest BCUT2D eigenvalue weighted by Gasteiger charge is -2.06. The summed E-state index contributed by atoms with van der Waals surface area (Å²) in [5, 5.41) is 6.44. The van der Waals surface area contributed by atoms with E-state index in [2.05, 4.69) is 15.8 Å². The molecule has 0 radical (unpaired) electrons. The zero-order valence-electron chi connectivity index (χ0n) is 13.8. The molecule has 0 aliphatic carbocycles. The molecule has 0 aliphatic heterocycles. The van der Waals surface area contributed by atoms with E-state index in [9.17, 15) is 9.59 Å². The van der Waals surface area contributed by atoms with Crippen molar-refractivity contribution in [2.24, 2.45) is 5.10 Å². The fourth-order valence-electron chi connectivity index (χ4n) is 1.91. The Balaban J connectivity index is 1.94. The Morgan fingerprint density at radius 2 is 1.58 bits per heavy atom. The third kappa shape index (κ3) is 4.67. The van der Waals surface area contributed by atoms with Gasteiger partial charge in [0.15, 0.2) is 0 Å². The van der Waals surface area contributed by atoms with E-state index in [1.807, 2.05) is 31.2 Å². The molecule has 124 valence electrons. The van der Waals surface area contributed by atoms with Gasteiger partial charge in [-0.05, 0) is 43.7 Å². The number of carbonyl (C=O) groups excluding carboxylic acids is 2. The maximum Gasteiger partial charge on any atom is 0.329 e. The van der Waals surface area contributed by atoms with Crippen molar-refractivity contribution >= 4 is 23.2 Å². The number of hydrazone groups is 1. The first-order valence-electron chi connectivity index (χ1n) is 7.36. The number of aryl methyl sites for hydroxylation is 1. The fourth-order valence-corrected chi connectivity index (χ4v) is 1.91. The molecule has 6 nitrogen and oxygen atoms in total. The number of carbonyl (C=O) groups is 2. The van der Waals surface area contributed by atoms with Gasteiger partial charge in [-0.3, -0.25) is 9.59 Å². The van der Waals surface area contributed by atoms with Gasteiger partial charge in [0, 0.05) is 5.69 Å². The molecule has 0 aliphatic rings. The smallest absolute Gasteiger partial charge is 0.329 e. The molecule has 0 spiro atoms. The molecular formula is C18H19N3O3. The second kappa shape index (κ2) is 7.92. The second-order valence-electron chi connectivity index (χ2n) is 5.19. The summed E-state index contributed by atoms with van der Waals surface area (Å²) in [7, 11) is 1.55. The van der Waals surface area contributed by atoms with Crippen LogP contribution in [0.3, 0.4) is 0 Å². The van der Waals surface area contributed by atoms with Crippen molar-refractivity contribution in [2.45, 2.75) is 13.8 Å². The summed E-state index contributed by atoms with van der Waals surface area (Å²) in [5.74, 6) is -0.964. The van der Waals surface area contributed by atoms with E-state index in [-0.39, 0.29) is 0 Å². The lowest BCUT2D eigenvalue weighted by molar-refractivity contribution is -0.136. The normalized spacial score (nSPS) is 10.9. The minimum absolute atomic E-state index is 0.496. The molecule has 2 amide bonds. The zero-order chi connectivity index (χ0) is 17.5. The number of ether oxygens (including phenoxy) is 1. The molecule has 0 aromatic heterocycles. The zero-order valence-corrected chi connectivity index (χ0v) is 13.8. The van der Waals surface area contributed by atoms with Crippen LogP contribution in [0.4, 0.5) is 5.69 Å². The van der Waals surface area contributed by atoms with E-state index in [1.54, 1.807) is 38.3 Å². The first-order valence-corrected chi connectivity index (χ1v) is 7.36. The number of amides is 2. The van der Waals surface area contributed by atoms with Crippen LogP contribution in [0.5, 0.6) is 5.75 Å². The number of hydrogen-bond donors (Lipinski definition) is 2. The molecule has 0 fully saturated rings. The molecule has 0 atom stereocenters. The number of rotatable bonds is 4. The molecule has 2 rings (SSSR count). The summed E-state index contributed by atoms with van der Waals surface area (Å²) in [6, 6.07) is 14.4. The predicted molar refractivity (Wildman–Crippen MR) is 93.2 cm³/mol. The van der Waals surface area contributed by atoms with Gasteiger partial charge in [0.1, 0.15) is 5.75 Å². The quantitative estimate of drug-likeness (QED) is 0.515. The van der Waals surface area contributed by atoms with Crippen LogP contribution in [0.2, 0.25) is 0 Å². The highest BCUT2D eigenvalue weighted by molar-refractivity contribution is 6.39. The van der Waals surface area contributed by atoms with Gasteiger partial charge in [0.05, 0.1) is 12.8 Å². The van der Waals surface area contributed by atoms with E-state index >= 15 is 0 Å². The van der Waals surface area contributed by atoms with Gasteiger partial charge in [-0.2, -0.15) is 5.10 Å². The Morgan fingerprint density at radius 3 is 2.17 bits per heavy atom. The Kier molecular flexibility index (Phi) is 5.68. The lowest BCUT2D eigenvalue weighted by Crippen LogP contribution is -2.32. The number of nitrogens with one attached hydrogen (secondary N) is 2. The van der Waals surface area contributed by atoms with Crippen molar-refractivity contribution in [1.29, 1.82) is 0 Å². The first-order chi connectivity index (χ1) is 11.5. The molecule has 2 aromatic carbocycles. The van der Waals surface area contributed by atoms with Crippen molar-refractivity contribution in [3.8, 4) is 5.75 Å². The SMILES string of the molecule is COc1ccc(NC(=O)C(=O)NN=C(C)c2ccc(C)cc2)cc1. The van der Waals surface area contributed by atoms with E-state index in [0.717, 1.165) is 11.1 Å². The number of methoxy groups -OCH3 is 1. The summed E-state index contributed by atoms with van der Waals surface area (Å²) in [5.41, 5.74) is 5.36. The lowest BCUT2D eigenvalue weighted by atomic mass is 10.1. The van der Waals surface area contributed by atoms with Gasteiger partial charge in [-0.15, -0.1) is 0 Å². The molecule has 6 heteroatoms. The summed E-state index contributed by atoms with van der Waals surface area (Å²) in [4.78, 5) is 23.6. The van der Waals surface area contributed by atoms with Crippen molar-refractivity contribution < 1.29 is 14.3 Å². The van der Waals surface area contributed by atoms with Crippen LogP contribution >= 0.6 is 0 Å². The van der Waals surface area contributed by atoms with Crippen LogP contribution in [-0.4, -0.2) is 24.6 Å². The van der Waals surface area contributed by atoms with Crippen LogP contribution in [-0.2, 0) is 9.59 Å². The van der Waals surface area contributed by atoms with Crippen molar-refractivity contribution in [1.82, 2.24) is 5.43 Å². The van der Waals surface area contributed by atoms with Crippen LogP contribution in [0, 0.1) is 6.92 Å². The minimum Gasteiger partial charge on any atom is -0.497 e. The molecule has 2 N–H and O–H groups in total. The highest BCUT2D eigenvalue weighted by Crippen LogP contribution is 2.14. The fraction of sp³-hybridized carbons (Fsp3) is 0.167. The second-order valence-corrected chi connectivity index (χ2v) is 5.19. The number of nitrogens with zero attached hydrogens (tertiary/aromatic N) is 1. The molecule has 2 aromatic rings. The van der Waals surface area contributed by atoms with E-state index in [0.29, 0.717) is 17.1 Å². The number of hydrogen-bond acceptors (Lipinski definition) is 4. The molecule has 24 heavy (non-hydrogen) atoms. The predicted octanol–water partition coefficient (Wildman–Crippen LogP) is 2.48. The topological polar surface area (TPSA) is 79.8 Å². The van der Waals surface area contributed by atoms with Gasteiger partial charge < -0.3 is 10.1 Å². The Morgan fingerprint density at radius 1 is 0.958 bits per heavy atom. The van der Waals surface area contributed by atoms with Crippen LogP contribution < -0.4 is 15.5 Å². The monoisotopic (exact) mass is 325 g/mol. The molecule has 0 unspecified atom stereocenters. The highest BCUT2D eigenvalue weighted by atomic mass is 16.5. The van der Waals surface area contributed by atoms with Crippen LogP contribution in [0.15, 0.2) is 53.6 Å².